The summed E-state index contributed by atoms with van der Waals surface area (Å²) in [5.74, 6) is -0.286. The van der Waals surface area contributed by atoms with E-state index in [1.54, 1.807) is 37.2 Å². The Bertz CT molecular complexity index is 506. The number of carbonyl (C=O) groups is 2. The molecular formula is C14H18BrClN2O2. The van der Waals surface area contributed by atoms with E-state index in [2.05, 4.69) is 15.9 Å². The number of hydrogen-bond donors (Lipinski definition) is 0. The minimum absolute atomic E-state index is 0.0767. The van der Waals surface area contributed by atoms with Gasteiger partial charge in [0.15, 0.2) is 0 Å². The van der Waals surface area contributed by atoms with Crippen molar-refractivity contribution < 1.29 is 9.59 Å². The lowest BCUT2D eigenvalue weighted by Gasteiger charge is -2.23. The zero-order chi connectivity index (χ0) is 15.3. The largest absolute Gasteiger partial charge is 0.347 e. The fourth-order valence-electron chi connectivity index (χ4n) is 1.64. The Balaban J connectivity index is 2.92. The van der Waals surface area contributed by atoms with Crippen LogP contribution in [0.4, 0.5) is 0 Å². The molecule has 0 unspecified atom stereocenters. The molecule has 0 aliphatic carbocycles. The Labute approximate surface area is 132 Å². The van der Waals surface area contributed by atoms with Gasteiger partial charge in [-0.05, 0) is 40.5 Å². The van der Waals surface area contributed by atoms with Gasteiger partial charge in [0.05, 0.1) is 5.02 Å². The van der Waals surface area contributed by atoms with Crippen molar-refractivity contribution in [3.8, 4) is 0 Å². The first-order valence-electron chi connectivity index (χ1n) is 6.31. The maximum atomic E-state index is 12.4. The quantitative estimate of drug-likeness (QED) is 0.809. The first-order chi connectivity index (χ1) is 9.36. The van der Waals surface area contributed by atoms with Crippen LogP contribution in [0.25, 0.3) is 0 Å². The van der Waals surface area contributed by atoms with Crippen LogP contribution in [0.3, 0.4) is 0 Å². The van der Waals surface area contributed by atoms with Crippen molar-refractivity contribution in [2.75, 3.05) is 27.2 Å². The molecule has 0 saturated heterocycles. The summed E-state index contributed by atoms with van der Waals surface area (Å²) < 4.78 is 0.738. The maximum absolute atomic E-state index is 12.4. The summed E-state index contributed by atoms with van der Waals surface area (Å²) in [5.41, 5.74) is 0.484. The molecule has 0 spiro atoms. The summed E-state index contributed by atoms with van der Waals surface area (Å²) in [4.78, 5) is 27.2. The number of rotatable bonds is 5. The Morgan fingerprint density at radius 3 is 2.45 bits per heavy atom. The average molecular weight is 362 g/mol. The summed E-state index contributed by atoms with van der Waals surface area (Å²) in [6.45, 7) is 2.58. The Morgan fingerprint density at radius 2 is 1.95 bits per heavy atom. The molecule has 1 aromatic carbocycles. The van der Waals surface area contributed by atoms with Gasteiger partial charge in [-0.2, -0.15) is 0 Å². The Hall–Kier alpha value is -1.07. The van der Waals surface area contributed by atoms with E-state index in [0.29, 0.717) is 17.1 Å². The van der Waals surface area contributed by atoms with Crippen LogP contribution in [0.1, 0.15) is 23.7 Å². The van der Waals surface area contributed by atoms with Gasteiger partial charge in [0.25, 0.3) is 5.91 Å². The molecule has 0 atom stereocenters. The van der Waals surface area contributed by atoms with Gasteiger partial charge in [0.1, 0.15) is 6.54 Å². The first-order valence-corrected chi connectivity index (χ1v) is 7.48. The van der Waals surface area contributed by atoms with Crippen LogP contribution in [0.15, 0.2) is 22.7 Å². The van der Waals surface area contributed by atoms with Crippen LogP contribution in [0.2, 0.25) is 5.02 Å². The lowest BCUT2D eigenvalue weighted by Crippen LogP contribution is -2.40. The highest BCUT2D eigenvalue weighted by Crippen LogP contribution is 2.23. The Kier molecular flexibility index (Phi) is 6.49. The van der Waals surface area contributed by atoms with Crippen LogP contribution in [-0.2, 0) is 4.79 Å². The van der Waals surface area contributed by atoms with Gasteiger partial charge in [-0.1, -0.05) is 18.5 Å². The lowest BCUT2D eigenvalue weighted by atomic mass is 10.2. The highest BCUT2D eigenvalue weighted by atomic mass is 79.9. The van der Waals surface area contributed by atoms with E-state index in [1.165, 1.54) is 4.90 Å². The molecule has 0 bridgehead atoms. The van der Waals surface area contributed by atoms with Crippen LogP contribution < -0.4 is 0 Å². The monoisotopic (exact) mass is 360 g/mol. The molecule has 6 heteroatoms. The Morgan fingerprint density at radius 1 is 1.30 bits per heavy atom. The average Bonchev–Trinajstić information content (AvgIpc) is 2.40. The minimum atomic E-state index is -0.184. The molecule has 110 valence electrons. The molecule has 2 amide bonds. The molecule has 0 aliphatic heterocycles. The molecule has 0 fully saturated rings. The summed E-state index contributed by atoms with van der Waals surface area (Å²) in [7, 11) is 3.35. The highest BCUT2D eigenvalue weighted by Gasteiger charge is 2.19. The molecule has 0 aliphatic rings. The molecule has 1 aromatic rings. The molecule has 20 heavy (non-hydrogen) atoms. The zero-order valence-corrected chi connectivity index (χ0v) is 14.2. The van der Waals surface area contributed by atoms with Crippen molar-refractivity contribution in [3.05, 3.63) is 33.3 Å². The van der Waals surface area contributed by atoms with Crippen molar-refractivity contribution in [1.29, 1.82) is 0 Å². The fourth-order valence-corrected chi connectivity index (χ4v) is 2.07. The van der Waals surface area contributed by atoms with E-state index in [4.69, 9.17) is 11.6 Å². The van der Waals surface area contributed by atoms with E-state index in [9.17, 15) is 9.59 Å². The van der Waals surface area contributed by atoms with Crippen molar-refractivity contribution in [3.63, 3.8) is 0 Å². The van der Waals surface area contributed by atoms with E-state index in [-0.39, 0.29) is 18.4 Å². The smallest absolute Gasteiger partial charge is 0.254 e. The summed E-state index contributed by atoms with van der Waals surface area (Å²) in [6, 6.07) is 5.03. The van der Waals surface area contributed by atoms with E-state index < -0.39 is 0 Å². The third-order valence-electron chi connectivity index (χ3n) is 2.77. The zero-order valence-electron chi connectivity index (χ0n) is 11.8. The van der Waals surface area contributed by atoms with Crippen LogP contribution in [0.5, 0.6) is 0 Å². The van der Waals surface area contributed by atoms with Crippen LogP contribution >= 0.6 is 27.5 Å². The predicted octanol–water partition coefficient (Wildman–Crippen LogP) is 3.04. The summed E-state index contributed by atoms with van der Waals surface area (Å²) in [6.07, 6.45) is 0.788. The second-order valence-electron chi connectivity index (χ2n) is 4.64. The SMILES string of the molecule is CCCN(CC(=O)N(C)C)C(=O)c1ccc(Br)c(Cl)c1. The third kappa shape index (κ3) is 4.49. The van der Waals surface area contributed by atoms with E-state index >= 15 is 0 Å². The van der Waals surface area contributed by atoms with Gasteiger partial charge >= 0.3 is 0 Å². The van der Waals surface area contributed by atoms with E-state index in [1.807, 2.05) is 6.92 Å². The summed E-state index contributed by atoms with van der Waals surface area (Å²) >= 11 is 9.29. The number of carbonyl (C=O) groups excluding carboxylic acids is 2. The number of benzene rings is 1. The normalized spacial score (nSPS) is 10.2. The fraction of sp³-hybridized carbons (Fsp3) is 0.429. The number of hydrogen-bond acceptors (Lipinski definition) is 2. The standard InChI is InChI=1S/C14H18BrClN2O2/c1-4-7-18(9-13(19)17(2)3)14(20)10-5-6-11(15)12(16)8-10/h5-6,8H,4,7,9H2,1-3H3. The minimum Gasteiger partial charge on any atom is -0.347 e. The topological polar surface area (TPSA) is 40.6 Å². The number of likely N-dealkylation sites (N-methyl/N-ethyl adjacent to an activating group) is 1. The molecule has 0 N–H and O–H groups in total. The molecule has 0 radical (unpaired) electrons. The second-order valence-corrected chi connectivity index (χ2v) is 5.91. The van der Waals surface area contributed by atoms with Crippen molar-refractivity contribution in [1.82, 2.24) is 9.80 Å². The van der Waals surface area contributed by atoms with E-state index in [0.717, 1.165) is 10.9 Å². The van der Waals surface area contributed by atoms with Crippen molar-refractivity contribution in [2.24, 2.45) is 0 Å². The number of nitrogens with zero attached hydrogens (tertiary/aromatic N) is 2. The van der Waals surface area contributed by atoms with Gasteiger partial charge in [0.2, 0.25) is 5.91 Å². The van der Waals surface area contributed by atoms with Crippen molar-refractivity contribution in [2.45, 2.75) is 13.3 Å². The molecule has 4 nitrogen and oxygen atoms in total. The molecule has 0 heterocycles. The highest BCUT2D eigenvalue weighted by molar-refractivity contribution is 9.10. The van der Waals surface area contributed by atoms with Gasteiger partial charge in [0, 0.05) is 30.7 Å². The van der Waals surface area contributed by atoms with Gasteiger partial charge in [-0.25, -0.2) is 0 Å². The molecule has 1 rings (SSSR count). The van der Waals surface area contributed by atoms with Crippen molar-refractivity contribution >= 4 is 39.3 Å². The van der Waals surface area contributed by atoms with Crippen LogP contribution in [0, 0.1) is 0 Å². The van der Waals surface area contributed by atoms with Gasteiger partial charge in [-0.15, -0.1) is 0 Å². The van der Waals surface area contributed by atoms with Gasteiger partial charge in [-0.3, -0.25) is 9.59 Å². The number of halogens is 2. The third-order valence-corrected chi connectivity index (χ3v) is 4.00. The van der Waals surface area contributed by atoms with Crippen LogP contribution in [-0.4, -0.2) is 48.8 Å². The van der Waals surface area contributed by atoms with Gasteiger partial charge < -0.3 is 9.80 Å². The first kappa shape index (κ1) is 17.0. The molecular weight excluding hydrogens is 344 g/mol. The maximum Gasteiger partial charge on any atom is 0.254 e. The lowest BCUT2D eigenvalue weighted by molar-refractivity contribution is -0.129. The summed E-state index contributed by atoms with van der Waals surface area (Å²) in [5, 5.41) is 0.478. The molecule has 0 saturated carbocycles. The number of amides is 2. The predicted molar refractivity (Wildman–Crippen MR) is 84.0 cm³/mol. The second kappa shape index (κ2) is 7.64. The molecule has 0 aromatic heterocycles.